The van der Waals surface area contributed by atoms with Crippen LogP contribution in [0.3, 0.4) is 0 Å². The van der Waals surface area contributed by atoms with E-state index >= 15 is 8.42 Å². The Morgan fingerprint density at radius 1 is 1.07 bits per heavy atom. The second-order valence-corrected chi connectivity index (χ2v) is 17.7. The van der Waals surface area contributed by atoms with Crippen LogP contribution in [0.1, 0.15) is 82.3 Å². The number of non-ortho nitro benzene ring substituents is 1. The third kappa shape index (κ3) is 9.84. The molecule has 4 N–H and O–H groups in total. The van der Waals surface area contributed by atoms with Crippen molar-refractivity contribution < 1.29 is 47.8 Å². The van der Waals surface area contributed by atoms with E-state index in [1.807, 2.05) is 6.92 Å². The van der Waals surface area contributed by atoms with E-state index in [4.69, 9.17) is 19.5 Å². The van der Waals surface area contributed by atoms with Crippen LogP contribution in [0.5, 0.6) is 11.5 Å². The number of rotatable bonds is 21. The maximum Gasteiger partial charge on any atom is 0.269 e. The number of phenolic OH excluding ortho intramolecular Hbond substituents is 1. The first kappa shape index (κ1) is 45.4. The number of hydrogen-bond acceptors (Lipinski definition) is 12. The SMILES string of the molecule is C=CCO[C@@]12Oc3ccc(O)cc3[C@H]3[C@H](CCCCO)[C@@H](CCCCO)C=C(C(=NOCc4ccc([N+](=O)[O-])cc4)C[C@@H]1N(CCC)S(=O)(=O)c1ccc(NC(C)=O)cc1)[C@H]32. The zero-order valence-electron chi connectivity index (χ0n) is 34.6. The summed E-state index contributed by atoms with van der Waals surface area (Å²) >= 11 is 0. The number of fused-ring (bicyclic) bond motifs is 2. The molecule has 61 heavy (non-hydrogen) atoms. The number of oxime groups is 1. The van der Waals surface area contributed by atoms with Crippen LogP contribution in [-0.2, 0) is 31.0 Å². The van der Waals surface area contributed by atoms with Crippen LogP contribution in [0, 0.1) is 27.9 Å². The van der Waals surface area contributed by atoms with Crippen molar-refractivity contribution in [3.05, 3.63) is 112 Å². The molecule has 0 aromatic heterocycles. The molecule has 16 heteroatoms. The Morgan fingerprint density at radius 3 is 2.41 bits per heavy atom. The molecule has 0 bridgehead atoms. The maximum absolute atomic E-state index is 15.1. The third-order valence-electron chi connectivity index (χ3n) is 11.8. The Bertz CT molecular complexity index is 2200. The van der Waals surface area contributed by atoms with E-state index in [0.29, 0.717) is 54.8 Å². The molecule has 0 radical (unpaired) electrons. The largest absolute Gasteiger partial charge is 0.508 e. The van der Waals surface area contributed by atoms with Gasteiger partial charge in [-0.25, -0.2) is 8.42 Å². The van der Waals surface area contributed by atoms with E-state index in [0.717, 1.165) is 24.0 Å². The molecule has 3 aromatic carbocycles. The summed E-state index contributed by atoms with van der Waals surface area (Å²) in [6, 6.07) is 15.8. The highest BCUT2D eigenvalue weighted by Gasteiger charge is 2.66. The zero-order valence-corrected chi connectivity index (χ0v) is 35.5. The van der Waals surface area contributed by atoms with E-state index in [-0.39, 0.29) is 73.5 Å². The number of aliphatic hydroxyl groups is 2. The predicted octanol–water partition coefficient (Wildman–Crippen LogP) is 7.19. The Hall–Kier alpha value is -5.13. The smallest absolute Gasteiger partial charge is 0.269 e. The van der Waals surface area contributed by atoms with Gasteiger partial charge in [0, 0.05) is 62.4 Å². The first-order chi connectivity index (χ1) is 29.4. The number of hydrogen-bond donors (Lipinski definition) is 4. The van der Waals surface area contributed by atoms with Crippen LogP contribution in [0.25, 0.3) is 0 Å². The number of nitrogens with zero attached hydrogens (tertiary/aromatic N) is 3. The van der Waals surface area contributed by atoms with Crippen LogP contribution in [-0.4, -0.2) is 82.8 Å². The maximum atomic E-state index is 15.1. The van der Waals surface area contributed by atoms with Crippen LogP contribution in [0.15, 0.2) is 101 Å². The van der Waals surface area contributed by atoms with Gasteiger partial charge >= 0.3 is 0 Å². The van der Waals surface area contributed by atoms with Crippen molar-refractivity contribution in [1.82, 2.24) is 4.31 Å². The van der Waals surface area contributed by atoms with E-state index in [1.165, 1.54) is 53.7 Å². The Morgan fingerprint density at radius 2 is 1.77 bits per heavy atom. The summed E-state index contributed by atoms with van der Waals surface area (Å²) in [5, 5.41) is 49.4. The molecule has 1 heterocycles. The van der Waals surface area contributed by atoms with Gasteiger partial charge in [-0.1, -0.05) is 37.1 Å². The van der Waals surface area contributed by atoms with E-state index in [1.54, 1.807) is 30.3 Å². The number of carbonyl (C=O) groups is 1. The van der Waals surface area contributed by atoms with Gasteiger partial charge in [-0.3, -0.25) is 14.9 Å². The van der Waals surface area contributed by atoms with Gasteiger partial charge in [0.1, 0.15) is 18.1 Å². The van der Waals surface area contributed by atoms with Crippen LogP contribution >= 0.6 is 0 Å². The third-order valence-corrected chi connectivity index (χ3v) is 13.7. The lowest BCUT2D eigenvalue weighted by Gasteiger charge is -2.59. The van der Waals surface area contributed by atoms with Gasteiger partial charge in [0.15, 0.2) is 0 Å². The molecule has 1 aliphatic heterocycles. The van der Waals surface area contributed by atoms with Crippen molar-refractivity contribution in [3.63, 3.8) is 0 Å². The van der Waals surface area contributed by atoms with Gasteiger partial charge in [-0.15, -0.1) is 6.58 Å². The normalized spacial score (nSPS) is 23.7. The van der Waals surface area contributed by atoms with E-state index < -0.39 is 38.6 Å². The zero-order chi connectivity index (χ0) is 43.7. The summed E-state index contributed by atoms with van der Waals surface area (Å²) < 4.78 is 45.6. The van der Waals surface area contributed by atoms with Gasteiger partial charge in [-0.05, 0) is 110 Å². The summed E-state index contributed by atoms with van der Waals surface area (Å²) in [6.07, 6.45) is 8.21. The summed E-state index contributed by atoms with van der Waals surface area (Å²) in [6.45, 7) is 7.30. The topological polar surface area (TPSA) is 210 Å². The van der Waals surface area contributed by atoms with Gasteiger partial charge in [0.05, 0.1) is 34.1 Å². The first-order valence-electron chi connectivity index (χ1n) is 20.9. The van der Waals surface area contributed by atoms with Crippen molar-refractivity contribution in [1.29, 1.82) is 0 Å². The molecule has 328 valence electrons. The summed E-state index contributed by atoms with van der Waals surface area (Å²) in [5.74, 6) is -2.71. The number of aromatic hydroxyl groups is 1. The highest BCUT2D eigenvalue weighted by atomic mass is 32.2. The number of benzene rings is 3. The Labute approximate surface area is 356 Å². The second kappa shape index (κ2) is 20.2. The highest BCUT2D eigenvalue weighted by molar-refractivity contribution is 7.89. The predicted molar refractivity (Wildman–Crippen MR) is 229 cm³/mol. The number of anilines is 1. The van der Waals surface area contributed by atoms with Gasteiger partial charge < -0.3 is 34.9 Å². The first-order valence-corrected chi connectivity index (χ1v) is 22.3. The van der Waals surface area contributed by atoms with Crippen LogP contribution in [0.2, 0.25) is 0 Å². The molecule has 3 aromatic rings. The minimum Gasteiger partial charge on any atom is -0.508 e. The van der Waals surface area contributed by atoms with E-state index in [2.05, 4.69) is 18.0 Å². The molecule has 15 nitrogen and oxygen atoms in total. The number of allylic oxidation sites excluding steroid dienone is 1. The lowest BCUT2D eigenvalue weighted by atomic mass is 9.55. The number of unbranched alkanes of at least 4 members (excludes halogenated alkanes) is 2. The number of nitrogens with one attached hydrogen (secondary N) is 1. The average Bonchev–Trinajstić information content (AvgIpc) is 3.24. The fourth-order valence-corrected chi connectivity index (χ4v) is 11.0. The van der Waals surface area contributed by atoms with Gasteiger partial charge in [0.2, 0.25) is 21.7 Å². The number of nitro benzene ring substituents is 1. The minimum atomic E-state index is -4.31. The molecule has 1 amide bonds. The molecule has 0 unspecified atom stereocenters. The fourth-order valence-electron chi connectivity index (χ4n) is 9.24. The van der Waals surface area contributed by atoms with E-state index in [9.17, 15) is 30.2 Å². The molecular weight excluding hydrogens is 805 g/mol. The van der Waals surface area contributed by atoms with Gasteiger partial charge in [-0.2, -0.15) is 4.31 Å². The number of ether oxygens (including phenoxy) is 2. The van der Waals surface area contributed by atoms with Crippen molar-refractivity contribution in [2.45, 2.75) is 94.5 Å². The number of aliphatic hydroxyl groups excluding tert-OH is 2. The summed E-state index contributed by atoms with van der Waals surface area (Å²) in [7, 11) is -4.31. The van der Waals surface area contributed by atoms with Crippen LogP contribution in [0.4, 0.5) is 11.4 Å². The molecule has 0 spiro atoms. The summed E-state index contributed by atoms with van der Waals surface area (Å²) in [5.41, 5.74) is 2.98. The second-order valence-electron chi connectivity index (χ2n) is 15.8. The monoisotopic (exact) mass is 860 g/mol. The quantitative estimate of drug-likeness (QED) is 0.0364. The van der Waals surface area contributed by atoms with Crippen molar-refractivity contribution in [2.75, 3.05) is 31.7 Å². The number of sulfonamides is 1. The van der Waals surface area contributed by atoms with Crippen LogP contribution < -0.4 is 10.1 Å². The minimum absolute atomic E-state index is 0.00161. The molecule has 1 saturated carbocycles. The molecule has 1 fully saturated rings. The molecule has 6 atom stereocenters. The average molecular weight is 861 g/mol. The number of carbonyl (C=O) groups excluding carboxylic acids is 1. The standard InChI is InChI=1S/C45H56N4O11S/c1-4-22-48(61(56,57)36-19-14-33(15-20-36)46-30(3)52)42-28-40(47-59-29-31-12-16-34(17-13-31)49(54)55)38-26-32(10-6-8-23-50)37(11-7-9-24-51)43-39-27-35(53)18-21-41(39)60-45(42,44(38)43)58-25-5-2/h5,12-21,26-27,32,37,42-44,50-51,53H,2,4,6-11,22-25,28-29H2,1,3H3,(H,46,52)/t32-,37+,42-,43+,44+,45+/m0/s1. The molecular formula is C45H56N4O11S. The molecule has 3 aliphatic rings. The number of nitro groups is 1. The number of phenols is 1. The molecule has 0 saturated heterocycles. The lowest BCUT2D eigenvalue weighted by Crippen LogP contribution is -2.70. The van der Waals surface area contributed by atoms with Crippen molar-refractivity contribution in [3.8, 4) is 11.5 Å². The Kier molecular flexibility index (Phi) is 15.0. The van der Waals surface area contributed by atoms with Gasteiger partial charge in [0.25, 0.3) is 5.69 Å². The van der Waals surface area contributed by atoms with Crippen molar-refractivity contribution in [2.24, 2.45) is 22.9 Å². The molecule has 6 rings (SSSR count). The molecule has 2 aliphatic carbocycles. The summed E-state index contributed by atoms with van der Waals surface area (Å²) in [4.78, 5) is 28.7. The highest BCUT2D eigenvalue weighted by Crippen LogP contribution is 2.62. The lowest BCUT2D eigenvalue weighted by molar-refractivity contribution is -0.384. The number of amides is 1. The fraction of sp³-hybridized carbons (Fsp3) is 0.467. The van der Waals surface area contributed by atoms with Crippen molar-refractivity contribution >= 4 is 33.0 Å². The Balaban J connectivity index is 1.57.